The average Bonchev–Trinajstić information content (AvgIpc) is 3.09. The second kappa shape index (κ2) is 13.3. The fourth-order valence-corrected chi connectivity index (χ4v) is 11.6. The Morgan fingerprint density at radius 2 is 1.60 bits per heavy atom. The van der Waals surface area contributed by atoms with Gasteiger partial charge >= 0.3 is 17.9 Å². The number of hydrogen-bond acceptors (Lipinski definition) is 11. The number of aliphatic hydroxyl groups is 2. The fraction of sp³-hybridized carbons (Fsp3) is 0.550. The third-order valence-electron chi connectivity index (χ3n) is 12.3. The Bertz CT molecular complexity index is 1770. The second-order valence-corrected chi connectivity index (χ2v) is 19.8. The topological polar surface area (TPSA) is 155 Å². The minimum Gasteiger partial charge on any atom is -0.455 e. The molecule has 1 heterocycles. The highest BCUT2D eigenvalue weighted by molar-refractivity contribution is 6.84. The Morgan fingerprint density at radius 3 is 2.15 bits per heavy atom. The van der Waals surface area contributed by atoms with Crippen LogP contribution in [0, 0.1) is 16.7 Å². The van der Waals surface area contributed by atoms with Crippen LogP contribution in [-0.2, 0) is 37.8 Å². The number of Topliss-reactive ketones (excluding diaryl/α,β-unsaturated/α-hetero) is 1. The molecular formula is C40H50O11Si. The van der Waals surface area contributed by atoms with Crippen LogP contribution in [0.4, 0.5) is 0 Å². The molecule has 4 aliphatic rings. The lowest BCUT2D eigenvalue weighted by Gasteiger charge is -2.68. The summed E-state index contributed by atoms with van der Waals surface area (Å²) in [6.45, 7) is 13.5. The van der Waals surface area contributed by atoms with E-state index in [0.717, 1.165) is 5.19 Å². The minimum absolute atomic E-state index is 0.0397. The van der Waals surface area contributed by atoms with Crippen molar-refractivity contribution >= 4 is 37.2 Å². The lowest BCUT2D eigenvalue weighted by molar-refractivity contribution is -0.344. The summed E-state index contributed by atoms with van der Waals surface area (Å²) in [5, 5.41) is 26.0. The van der Waals surface area contributed by atoms with Gasteiger partial charge in [0, 0.05) is 31.6 Å². The summed E-state index contributed by atoms with van der Waals surface area (Å²) in [5.41, 5.74) is -6.03. The van der Waals surface area contributed by atoms with Gasteiger partial charge in [-0.1, -0.05) is 69.3 Å². The van der Waals surface area contributed by atoms with Gasteiger partial charge in [-0.2, -0.15) is 0 Å². The zero-order chi connectivity index (χ0) is 38.0. The molecule has 0 radical (unpaired) electrons. The molecule has 2 bridgehead atoms. The van der Waals surface area contributed by atoms with Crippen molar-refractivity contribution in [2.75, 3.05) is 6.61 Å². The van der Waals surface area contributed by atoms with E-state index in [-0.39, 0.29) is 37.0 Å². The Morgan fingerprint density at radius 1 is 0.981 bits per heavy atom. The van der Waals surface area contributed by atoms with Gasteiger partial charge in [0.25, 0.3) is 0 Å². The number of fused-ring (bicyclic) bond motifs is 5. The Balaban J connectivity index is 1.67. The highest BCUT2D eigenvalue weighted by Crippen LogP contribution is 2.65. The smallest absolute Gasteiger partial charge is 0.338 e. The number of aliphatic hydroxyl groups excluding tert-OH is 1. The fourth-order valence-electron chi connectivity index (χ4n) is 9.37. The molecule has 1 aliphatic heterocycles. The molecule has 2 aromatic carbocycles. The third kappa shape index (κ3) is 5.78. The third-order valence-corrected chi connectivity index (χ3v) is 14.9. The van der Waals surface area contributed by atoms with E-state index in [1.165, 1.54) is 6.92 Å². The zero-order valence-electron chi connectivity index (χ0n) is 31.1. The Hall–Kier alpha value is -3.68. The average molecular weight is 735 g/mol. The van der Waals surface area contributed by atoms with Crippen molar-refractivity contribution in [1.82, 2.24) is 0 Å². The first kappa shape index (κ1) is 38.1. The van der Waals surface area contributed by atoms with E-state index in [9.17, 15) is 24.6 Å². The van der Waals surface area contributed by atoms with Gasteiger partial charge in [-0.3, -0.25) is 14.4 Å². The number of carbonyl (C=O) groups is 4. The van der Waals surface area contributed by atoms with Crippen molar-refractivity contribution < 1.29 is 52.8 Å². The van der Waals surface area contributed by atoms with Gasteiger partial charge in [-0.05, 0) is 55.4 Å². The molecule has 0 aromatic heterocycles. The predicted octanol–water partition coefficient (Wildman–Crippen LogP) is 4.18. The van der Waals surface area contributed by atoms with E-state index >= 15 is 4.79 Å². The first-order valence-corrected chi connectivity index (χ1v) is 20.9. The number of carbonyl (C=O) groups excluding carboxylic acids is 4. The maximum Gasteiger partial charge on any atom is 0.338 e. The lowest BCUT2D eigenvalue weighted by Crippen LogP contribution is -2.82. The quantitative estimate of drug-likeness (QED) is 0.174. The minimum atomic E-state index is -2.85. The largest absolute Gasteiger partial charge is 0.455 e. The summed E-state index contributed by atoms with van der Waals surface area (Å²) in [7, 11) is -2.85. The van der Waals surface area contributed by atoms with Gasteiger partial charge < -0.3 is 33.6 Å². The highest BCUT2D eigenvalue weighted by atomic mass is 28.4. The molecule has 2 saturated carbocycles. The summed E-state index contributed by atoms with van der Waals surface area (Å²) in [6.07, 6.45) is -6.39. The highest BCUT2D eigenvalue weighted by Gasteiger charge is 2.78. The van der Waals surface area contributed by atoms with Crippen molar-refractivity contribution in [1.29, 1.82) is 0 Å². The van der Waals surface area contributed by atoms with Gasteiger partial charge in [-0.15, -0.1) is 0 Å². The number of hydrogen-bond donors (Lipinski definition) is 2. The number of esters is 3. The van der Waals surface area contributed by atoms with E-state index in [1.807, 2.05) is 43.4 Å². The van der Waals surface area contributed by atoms with Crippen LogP contribution >= 0.6 is 0 Å². The van der Waals surface area contributed by atoms with Crippen LogP contribution in [0.3, 0.4) is 0 Å². The van der Waals surface area contributed by atoms with Crippen molar-refractivity contribution in [2.45, 2.75) is 116 Å². The molecule has 3 fully saturated rings. The molecule has 3 aliphatic carbocycles. The van der Waals surface area contributed by atoms with Gasteiger partial charge in [0.1, 0.15) is 17.8 Å². The lowest BCUT2D eigenvalue weighted by atomic mass is 9.44. The molecule has 2 aromatic rings. The monoisotopic (exact) mass is 734 g/mol. The van der Waals surface area contributed by atoms with Crippen LogP contribution in [0.2, 0.25) is 13.1 Å². The molecule has 1 saturated heterocycles. The molecule has 0 unspecified atom stereocenters. The summed E-state index contributed by atoms with van der Waals surface area (Å²) >= 11 is 0. The van der Waals surface area contributed by atoms with E-state index in [1.54, 1.807) is 65.0 Å². The number of benzene rings is 2. The van der Waals surface area contributed by atoms with Crippen LogP contribution in [0.5, 0.6) is 0 Å². The van der Waals surface area contributed by atoms with Crippen LogP contribution in [-0.4, -0.2) is 90.6 Å². The number of rotatable bonds is 8. The van der Waals surface area contributed by atoms with E-state index in [0.29, 0.717) is 5.57 Å². The molecule has 52 heavy (non-hydrogen) atoms. The summed E-state index contributed by atoms with van der Waals surface area (Å²) < 4.78 is 32.1. The molecule has 0 amide bonds. The van der Waals surface area contributed by atoms with Crippen LogP contribution in [0.1, 0.15) is 71.2 Å². The summed E-state index contributed by atoms with van der Waals surface area (Å²) in [4.78, 5) is 56.3. The van der Waals surface area contributed by atoms with Crippen LogP contribution in [0.25, 0.3) is 0 Å². The molecule has 11 nitrogen and oxygen atoms in total. The van der Waals surface area contributed by atoms with Crippen LogP contribution < -0.4 is 5.19 Å². The zero-order valence-corrected chi connectivity index (χ0v) is 32.1. The molecule has 6 rings (SSSR count). The summed E-state index contributed by atoms with van der Waals surface area (Å²) in [6, 6.07) is 17.9. The van der Waals surface area contributed by atoms with Crippen molar-refractivity contribution in [2.24, 2.45) is 16.7 Å². The molecule has 2 N–H and O–H groups in total. The standard InChI is InChI=1S/C40H50O11Si/c1-9-30(43)48-32-31-23(2)27(42)21-40(46,37(31,4)5)35(49-36(45)25-16-12-10-13-17-25)33-38(6,34(32)44)28(20-29-39(33,22-47-29)50-24(3)41)51-52(7,8)26-18-14-11-15-19-26/h10-19,27-29,32-33,35,42,46H,9,20-22H2,1-8H3/t27-,28-,29+,32+,33-,35-,38+,39-,40+/m0/s1. The van der Waals surface area contributed by atoms with Gasteiger partial charge in [-0.25, -0.2) is 4.79 Å². The Kier molecular flexibility index (Phi) is 9.74. The SMILES string of the molecule is CCC(=O)O[C@H]1C(=O)[C@]2(C)[C@@H](O[Si](C)(C)c3ccccc3)C[C@H]3OC[C@@]3(OC(C)=O)[C@H]2[C@H](OC(=O)c2ccccc2)[C@]2(O)C[C@H](O)C(C)=C1C2(C)C. The van der Waals surface area contributed by atoms with E-state index in [4.69, 9.17) is 23.4 Å². The van der Waals surface area contributed by atoms with Crippen molar-refractivity contribution in [3.05, 3.63) is 77.4 Å². The number of ether oxygens (including phenoxy) is 4. The molecule has 280 valence electrons. The Labute approximate surface area is 305 Å². The van der Waals surface area contributed by atoms with Gasteiger partial charge in [0.05, 0.1) is 35.7 Å². The first-order chi connectivity index (χ1) is 24.3. The second-order valence-electron chi connectivity index (χ2n) is 16.0. The molecule has 9 atom stereocenters. The van der Waals surface area contributed by atoms with E-state index < -0.39 is 90.5 Å². The normalized spacial score (nSPS) is 35.2. The van der Waals surface area contributed by atoms with Crippen LogP contribution in [0.15, 0.2) is 71.8 Å². The predicted molar refractivity (Wildman–Crippen MR) is 192 cm³/mol. The maximum absolute atomic E-state index is 15.8. The van der Waals surface area contributed by atoms with Crippen molar-refractivity contribution in [3.8, 4) is 0 Å². The first-order valence-electron chi connectivity index (χ1n) is 18.0. The number of ketones is 1. The van der Waals surface area contributed by atoms with E-state index in [2.05, 4.69) is 0 Å². The van der Waals surface area contributed by atoms with Gasteiger partial charge in [0.15, 0.2) is 17.5 Å². The summed E-state index contributed by atoms with van der Waals surface area (Å²) in [5.74, 6) is -3.95. The molecular weight excluding hydrogens is 685 g/mol. The molecule has 0 spiro atoms. The van der Waals surface area contributed by atoms with Crippen molar-refractivity contribution in [3.63, 3.8) is 0 Å². The molecule has 12 heteroatoms. The van der Waals surface area contributed by atoms with Gasteiger partial charge in [0.2, 0.25) is 8.32 Å². The maximum atomic E-state index is 15.8.